The second kappa shape index (κ2) is 8.80. The highest BCUT2D eigenvalue weighted by atomic mass is 16.7. The molecule has 1 unspecified atom stereocenters. The third kappa shape index (κ3) is 4.42. The molecule has 0 aromatic heterocycles. The van der Waals surface area contributed by atoms with Gasteiger partial charge in [0.2, 0.25) is 0 Å². The maximum absolute atomic E-state index is 7.24. The molecule has 0 saturated heterocycles. The highest BCUT2D eigenvalue weighted by molar-refractivity contribution is 5.87. The Morgan fingerprint density at radius 2 is 1.15 bits per heavy atom. The summed E-state index contributed by atoms with van der Waals surface area (Å²) in [6.45, 7) is 25.0. The van der Waals surface area contributed by atoms with Crippen LogP contribution in [0.3, 0.4) is 0 Å². The summed E-state index contributed by atoms with van der Waals surface area (Å²) in [7, 11) is 0. The minimum absolute atomic E-state index is 0.0114. The summed E-state index contributed by atoms with van der Waals surface area (Å²) in [4.78, 5) is 0. The van der Waals surface area contributed by atoms with Crippen molar-refractivity contribution < 1.29 is 18.6 Å². The van der Waals surface area contributed by atoms with Crippen LogP contribution in [0.5, 0.6) is 11.5 Å². The average Bonchev–Trinajstić information content (AvgIpc) is 3.12. The van der Waals surface area contributed by atoms with Crippen LogP contribution in [0.2, 0.25) is 0 Å². The topological polar surface area (TPSA) is 24.5 Å². The fourth-order valence-electron chi connectivity index (χ4n) is 6.17. The van der Waals surface area contributed by atoms with Crippen LogP contribution in [0.25, 0.3) is 0 Å². The van der Waals surface area contributed by atoms with Crippen LogP contribution in [-0.4, -0.2) is 27.6 Å². The Bertz CT molecular complexity index is 1640. The van der Waals surface area contributed by atoms with E-state index in [-0.39, 0.29) is 16.2 Å². The van der Waals surface area contributed by atoms with Crippen molar-refractivity contribution in [2.75, 3.05) is 0 Å². The Labute approximate surface area is 246 Å². The van der Waals surface area contributed by atoms with E-state index < -0.39 is 6.03 Å². The molecule has 0 N–H and O–H groups in total. The van der Waals surface area contributed by atoms with Crippen molar-refractivity contribution in [3.63, 3.8) is 0 Å². The van der Waals surface area contributed by atoms with E-state index in [9.17, 15) is 0 Å². The lowest BCUT2D eigenvalue weighted by atomic mass is 9.79. The van der Waals surface area contributed by atoms with E-state index in [4.69, 9.17) is 9.47 Å². The lowest BCUT2D eigenvalue weighted by Gasteiger charge is -2.33. The lowest BCUT2D eigenvalue weighted by Crippen LogP contribution is -2.59. The monoisotopic (exact) mass is 550 g/mol. The summed E-state index contributed by atoms with van der Waals surface area (Å²) in [5.74, 6) is 2.31. The molecule has 0 saturated carbocycles. The molecule has 214 valence electrons. The van der Waals surface area contributed by atoms with Crippen molar-refractivity contribution in [3.05, 3.63) is 81.9 Å². The summed E-state index contributed by atoms with van der Waals surface area (Å²) in [5.41, 5.74) is 9.30. The number of hydrogen-bond donors (Lipinski definition) is 0. The van der Waals surface area contributed by atoms with E-state index in [1.54, 1.807) is 0 Å². The zero-order valence-electron chi connectivity index (χ0n) is 26.8. The van der Waals surface area contributed by atoms with Gasteiger partial charge in [-0.05, 0) is 66.6 Å². The number of ether oxygens (including phenoxy) is 2. The van der Waals surface area contributed by atoms with E-state index in [0.29, 0.717) is 5.92 Å². The predicted molar refractivity (Wildman–Crippen MR) is 168 cm³/mol. The predicted octanol–water partition coefficient (Wildman–Crippen LogP) is 8.71. The number of rotatable bonds is 2. The van der Waals surface area contributed by atoms with Crippen LogP contribution >= 0.6 is 0 Å². The van der Waals surface area contributed by atoms with Gasteiger partial charge >= 0.3 is 6.03 Å². The minimum Gasteiger partial charge on any atom is -0.340 e. The zero-order chi connectivity index (χ0) is 29.7. The Morgan fingerprint density at radius 1 is 0.659 bits per heavy atom. The van der Waals surface area contributed by atoms with Crippen LogP contribution in [0.15, 0.2) is 48.5 Å². The maximum Gasteiger partial charge on any atom is 0.715 e. The molecule has 3 aliphatic rings. The molecule has 3 aromatic rings. The summed E-state index contributed by atoms with van der Waals surface area (Å²) in [5, 5.41) is 0. The van der Waals surface area contributed by atoms with Gasteiger partial charge in [0.25, 0.3) is 11.4 Å². The van der Waals surface area contributed by atoms with Crippen molar-refractivity contribution in [1.82, 2.24) is 0 Å². The Balaban J connectivity index is 1.64. The number of hydrogen-bond acceptors (Lipinski definition) is 2. The molecule has 1 spiro atoms. The van der Waals surface area contributed by atoms with Crippen molar-refractivity contribution >= 4 is 23.8 Å². The fourth-order valence-corrected chi connectivity index (χ4v) is 6.17. The summed E-state index contributed by atoms with van der Waals surface area (Å²) >= 11 is 0. The molecule has 0 bridgehead atoms. The minimum atomic E-state index is -1.18. The van der Waals surface area contributed by atoms with E-state index in [1.165, 1.54) is 22.3 Å². The molecule has 0 amide bonds. The third-order valence-corrected chi connectivity index (χ3v) is 8.50. The Hall–Kier alpha value is -3.40. The highest BCUT2D eigenvalue weighted by Gasteiger charge is 2.72. The van der Waals surface area contributed by atoms with Gasteiger partial charge in [0.15, 0.2) is 23.9 Å². The van der Waals surface area contributed by atoms with Crippen molar-refractivity contribution in [2.24, 2.45) is 5.92 Å². The van der Waals surface area contributed by atoms with Gasteiger partial charge < -0.3 is 9.47 Å². The quantitative estimate of drug-likeness (QED) is 0.298. The van der Waals surface area contributed by atoms with Gasteiger partial charge in [-0.2, -0.15) is 0 Å². The first-order valence-electron chi connectivity index (χ1n) is 15.1. The van der Waals surface area contributed by atoms with Crippen LogP contribution in [0.4, 0.5) is 11.4 Å². The second-order valence-electron chi connectivity index (χ2n) is 15.6. The van der Waals surface area contributed by atoms with Crippen molar-refractivity contribution in [1.29, 1.82) is 0 Å². The first-order valence-corrected chi connectivity index (χ1v) is 15.1. The second-order valence-corrected chi connectivity index (χ2v) is 15.6. The van der Waals surface area contributed by atoms with Gasteiger partial charge in [-0.25, -0.2) is 0 Å². The average molecular weight is 551 g/mol. The standard InChI is InChI=1S/C37H46N2O2/c1-23(2)16-24-17-27(34(3,4)5)18-25-21-38-30-14-12-13-15-31(30)39-22-26-19-28(35(6,7)8)20-29(36(9,10)11)33(26)41-37(38,39)40-32(24)25/h12-15,17-23H,16H2,1-11H3/q+2. The molecule has 3 heterocycles. The number of benzene rings is 3. The number of para-hydroxylation sites is 2. The van der Waals surface area contributed by atoms with E-state index in [1.807, 2.05) is 0 Å². The Morgan fingerprint density at radius 3 is 1.63 bits per heavy atom. The highest BCUT2D eigenvalue weighted by Crippen LogP contribution is 2.51. The SMILES string of the molecule is CC(C)Cc1cc(C(C)(C)C)cc2c1OC13Oc4c(cc(C(C)(C)C)cc4C(C)(C)C)C=[N+]1c1ccccc1[N+]3=C2. The molecule has 41 heavy (non-hydrogen) atoms. The molecule has 0 fully saturated rings. The molecule has 4 heteroatoms. The normalized spacial score (nSPS) is 19.2. The van der Waals surface area contributed by atoms with Gasteiger partial charge in [0.05, 0.1) is 11.1 Å². The Kier molecular flexibility index (Phi) is 5.96. The van der Waals surface area contributed by atoms with Gasteiger partial charge in [0.1, 0.15) is 0 Å². The van der Waals surface area contributed by atoms with Gasteiger partial charge in [0, 0.05) is 17.7 Å². The fraction of sp³-hybridized carbons (Fsp3) is 0.459. The first-order chi connectivity index (χ1) is 19.0. The largest absolute Gasteiger partial charge is 0.715 e. The van der Waals surface area contributed by atoms with Gasteiger partial charge in [-0.15, -0.1) is 0 Å². The van der Waals surface area contributed by atoms with E-state index in [2.05, 4.69) is 146 Å². The zero-order valence-corrected chi connectivity index (χ0v) is 26.8. The molecule has 0 radical (unpaired) electrons. The summed E-state index contributed by atoms with van der Waals surface area (Å²) in [6.07, 6.45) is 5.42. The van der Waals surface area contributed by atoms with E-state index >= 15 is 0 Å². The van der Waals surface area contributed by atoms with Gasteiger partial charge in [-0.3, -0.25) is 0 Å². The summed E-state index contributed by atoms with van der Waals surface area (Å²) in [6, 6.07) is 16.6. The van der Waals surface area contributed by atoms with Crippen molar-refractivity contribution in [3.8, 4) is 11.5 Å². The molecular formula is C37H46N2O2+2. The van der Waals surface area contributed by atoms with E-state index in [0.717, 1.165) is 40.4 Å². The van der Waals surface area contributed by atoms with Crippen LogP contribution < -0.4 is 9.47 Å². The molecule has 1 atom stereocenters. The van der Waals surface area contributed by atoms with Crippen LogP contribution in [0, 0.1) is 5.92 Å². The molecule has 3 aliphatic heterocycles. The van der Waals surface area contributed by atoms with Crippen LogP contribution in [0.1, 0.15) is 110 Å². The first kappa shape index (κ1) is 27.8. The molecule has 4 nitrogen and oxygen atoms in total. The summed E-state index contributed by atoms with van der Waals surface area (Å²) < 4.78 is 18.8. The molecule has 0 aliphatic carbocycles. The lowest BCUT2D eigenvalue weighted by molar-refractivity contribution is -0.831. The van der Waals surface area contributed by atoms with Crippen LogP contribution in [-0.2, 0) is 22.7 Å². The maximum atomic E-state index is 7.24. The molecule has 3 aromatic carbocycles. The number of fused-ring (bicyclic) bond motifs is 5. The molecular weight excluding hydrogens is 504 g/mol. The number of nitrogens with zero attached hydrogens (tertiary/aromatic N) is 2. The van der Waals surface area contributed by atoms with Crippen molar-refractivity contribution in [2.45, 2.75) is 105 Å². The third-order valence-electron chi connectivity index (χ3n) is 8.50. The molecule has 6 rings (SSSR count). The smallest absolute Gasteiger partial charge is 0.340 e. The van der Waals surface area contributed by atoms with Gasteiger partial charge in [-0.1, -0.05) is 100 Å².